The summed E-state index contributed by atoms with van der Waals surface area (Å²) in [7, 11) is 7.54. The van der Waals surface area contributed by atoms with Crippen LogP contribution in [0, 0.1) is 0 Å². The van der Waals surface area contributed by atoms with Crippen LogP contribution in [-0.2, 0) is 11.3 Å². The highest BCUT2D eigenvalue weighted by atomic mass is 16.5. The summed E-state index contributed by atoms with van der Waals surface area (Å²) in [6, 6.07) is 11.3. The molecule has 0 fully saturated rings. The molecule has 0 atom stereocenters. The zero-order chi connectivity index (χ0) is 24.0. The molecule has 2 aromatic carbocycles. The average molecular weight is 455 g/mol. The maximum atomic E-state index is 12.6. The molecular formula is C23H25N3O7. The number of nitrogens with zero attached hydrogens (tertiary/aromatic N) is 2. The van der Waals surface area contributed by atoms with Gasteiger partial charge in [-0.1, -0.05) is 0 Å². The molecule has 0 aliphatic heterocycles. The van der Waals surface area contributed by atoms with E-state index in [-0.39, 0.29) is 6.54 Å². The van der Waals surface area contributed by atoms with E-state index in [1.807, 2.05) is 0 Å². The second-order valence-electron chi connectivity index (χ2n) is 6.74. The number of ether oxygens (including phenoxy) is 5. The molecule has 0 saturated heterocycles. The summed E-state index contributed by atoms with van der Waals surface area (Å²) in [4.78, 5) is 25.0. The topological polar surface area (TPSA) is 110 Å². The molecule has 0 unspecified atom stereocenters. The van der Waals surface area contributed by atoms with Gasteiger partial charge in [0.25, 0.3) is 5.56 Å². The molecule has 1 amide bonds. The van der Waals surface area contributed by atoms with E-state index in [4.69, 9.17) is 23.7 Å². The fourth-order valence-corrected chi connectivity index (χ4v) is 3.17. The largest absolute Gasteiger partial charge is 0.497 e. The Bertz CT molecular complexity index is 1180. The van der Waals surface area contributed by atoms with Crippen molar-refractivity contribution in [3.8, 4) is 40.0 Å². The molecule has 0 saturated carbocycles. The third kappa shape index (κ3) is 5.17. The number of benzene rings is 2. The Hall–Kier alpha value is -4.21. The molecule has 0 radical (unpaired) electrons. The van der Waals surface area contributed by atoms with Crippen LogP contribution >= 0.6 is 0 Å². The van der Waals surface area contributed by atoms with Crippen LogP contribution in [0.3, 0.4) is 0 Å². The Balaban J connectivity index is 1.88. The molecule has 1 N–H and O–H groups in total. The van der Waals surface area contributed by atoms with E-state index in [1.54, 1.807) is 36.4 Å². The van der Waals surface area contributed by atoms with Crippen LogP contribution in [-0.4, -0.2) is 51.2 Å². The third-order valence-electron chi connectivity index (χ3n) is 4.80. The first kappa shape index (κ1) is 23.5. The zero-order valence-corrected chi connectivity index (χ0v) is 19.0. The van der Waals surface area contributed by atoms with E-state index in [9.17, 15) is 9.59 Å². The highest BCUT2D eigenvalue weighted by molar-refractivity contribution is 5.92. The Morgan fingerprint density at radius 1 is 0.848 bits per heavy atom. The Morgan fingerprint density at radius 2 is 1.52 bits per heavy atom. The van der Waals surface area contributed by atoms with Crippen molar-refractivity contribution < 1.29 is 28.5 Å². The van der Waals surface area contributed by atoms with Gasteiger partial charge < -0.3 is 29.0 Å². The molecular weight excluding hydrogens is 430 g/mol. The van der Waals surface area contributed by atoms with Crippen LogP contribution in [0.1, 0.15) is 0 Å². The molecule has 0 spiro atoms. The standard InChI is InChI=1S/C23H25N3O7/c1-29-15-6-7-17(18(12-15)30-2)24-21(27)13-26-22(28)9-8-16(25-26)14-10-19(31-3)23(33-5)20(11-14)32-4/h6-12H,13H2,1-5H3,(H,24,27). The molecule has 10 nitrogen and oxygen atoms in total. The first-order valence-electron chi connectivity index (χ1n) is 9.84. The fourth-order valence-electron chi connectivity index (χ4n) is 3.17. The molecule has 1 heterocycles. The van der Waals surface area contributed by atoms with E-state index < -0.39 is 11.5 Å². The van der Waals surface area contributed by atoms with Crippen molar-refractivity contribution in [3.63, 3.8) is 0 Å². The van der Waals surface area contributed by atoms with E-state index in [0.29, 0.717) is 45.7 Å². The summed E-state index contributed by atoms with van der Waals surface area (Å²) in [5, 5.41) is 7.06. The maximum absolute atomic E-state index is 12.6. The zero-order valence-electron chi connectivity index (χ0n) is 19.0. The molecule has 0 aliphatic carbocycles. The molecule has 10 heteroatoms. The average Bonchev–Trinajstić information content (AvgIpc) is 2.84. The van der Waals surface area contributed by atoms with Gasteiger partial charge in [-0.15, -0.1) is 0 Å². The van der Waals surface area contributed by atoms with Gasteiger partial charge in [-0.3, -0.25) is 9.59 Å². The van der Waals surface area contributed by atoms with Crippen molar-refractivity contribution in [1.29, 1.82) is 0 Å². The molecule has 0 bridgehead atoms. The minimum atomic E-state index is -0.449. The smallest absolute Gasteiger partial charge is 0.267 e. The Labute approximate surface area is 190 Å². The maximum Gasteiger partial charge on any atom is 0.267 e. The van der Waals surface area contributed by atoms with Crippen molar-refractivity contribution in [2.24, 2.45) is 0 Å². The van der Waals surface area contributed by atoms with Crippen molar-refractivity contribution in [2.75, 3.05) is 40.9 Å². The van der Waals surface area contributed by atoms with Gasteiger partial charge in [0.2, 0.25) is 11.7 Å². The SMILES string of the molecule is COc1ccc(NC(=O)Cn2nc(-c3cc(OC)c(OC)c(OC)c3)ccc2=O)c(OC)c1. The van der Waals surface area contributed by atoms with E-state index in [2.05, 4.69) is 10.4 Å². The number of rotatable bonds is 9. The predicted molar refractivity (Wildman–Crippen MR) is 122 cm³/mol. The molecule has 3 aromatic rings. The number of anilines is 1. The fraction of sp³-hybridized carbons (Fsp3) is 0.261. The Kier molecular flexibility index (Phi) is 7.39. The van der Waals surface area contributed by atoms with E-state index in [1.165, 1.54) is 41.6 Å². The van der Waals surface area contributed by atoms with Crippen molar-refractivity contribution >= 4 is 11.6 Å². The van der Waals surface area contributed by atoms with Gasteiger partial charge in [-0.2, -0.15) is 5.10 Å². The predicted octanol–water partition coefficient (Wildman–Crippen LogP) is 2.59. The van der Waals surface area contributed by atoms with Crippen LogP contribution in [0.4, 0.5) is 5.69 Å². The number of carbonyl (C=O) groups is 1. The molecule has 3 rings (SSSR count). The molecule has 1 aromatic heterocycles. The number of carbonyl (C=O) groups excluding carboxylic acids is 1. The first-order valence-corrected chi connectivity index (χ1v) is 9.84. The van der Waals surface area contributed by atoms with Gasteiger partial charge >= 0.3 is 0 Å². The quantitative estimate of drug-likeness (QED) is 0.524. The summed E-state index contributed by atoms with van der Waals surface area (Å²) < 4.78 is 27.6. The summed E-state index contributed by atoms with van der Waals surface area (Å²) in [5.74, 6) is 1.88. The minimum absolute atomic E-state index is 0.299. The molecule has 33 heavy (non-hydrogen) atoms. The lowest BCUT2D eigenvalue weighted by Crippen LogP contribution is -2.29. The van der Waals surface area contributed by atoms with Crippen molar-refractivity contribution in [1.82, 2.24) is 9.78 Å². The second-order valence-corrected chi connectivity index (χ2v) is 6.74. The van der Waals surface area contributed by atoms with Crippen molar-refractivity contribution in [2.45, 2.75) is 6.54 Å². The lowest BCUT2D eigenvalue weighted by Gasteiger charge is -2.14. The monoisotopic (exact) mass is 455 g/mol. The third-order valence-corrected chi connectivity index (χ3v) is 4.80. The second kappa shape index (κ2) is 10.4. The van der Waals surface area contributed by atoms with Crippen LogP contribution in [0.5, 0.6) is 28.7 Å². The van der Waals surface area contributed by atoms with Crippen LogP contribution in [0.2, 0.25) is 0 Å². The summed E-state index contributed by atoms with van der Waals surface area (Å²) in [5.41, 5.74) is 1.08. The number of aromatic nitrogens is 2. The van der Waals surface area contributed by atoms with Gasteiger partial charge in [0.1, 0.15) is 18.0 Å². The highest BCUT2D eigenvalue weighted by Gasteiger charge is 2.16. The lowest BCUT2D eigenvalue weighted by molar-refractivity contribution is -0.117. The summed E-state index contributed by atoms with van der Waals surface area (Å²) >= 11 is 0. The lowest BCUT2D eigenvalue weighted by atomic mass is 10.1. The van der Waals surface area contributed by atoms with Crippen LogP contribution < -0.4 is 34.6 Å². The van der Waals surface area contributed by atoms with Crippen LogP contribution in [0.15, 0.2) is 47.3 Å². The van der Waals surface area contributed by atoms with E-state index >= 15 is 0 Å². The number of hydrogen-bond donors (Lipinski definition) is 1. The van der Waals surface area contributed by atoms with E-state index in [0.717, 1.165) is 4.68 Å². The first-order chi connectivity index (χ1) is 15.9. The van der Waals surface area contributed by atoms with Crippen LogP contribution in [0.25, 0.3) is 11.3 Å². The van der Waals surface area contributed by atoms with Crippen molar-refractivity contribution in [3.05, 3.63) is 52.8 Å². The molecule has 174 valence electrons. The summed E-state index contributed by atoms with van der Waals surface area (Å²) in [6.45, 7) is -0.299. The normalized spacial score (nSPS) is 10.3. The minimum Gasteiger partial charge on any atom is -0.497 e. The Morgan fingerprint density at radius 3 is 2.09 bits per heavy atom. The summed E-state index contributed by atoms with van der Waals surface area (Å²) in [6.07, 6.45) is 0. The van der Waals surface area contributed by atoms with Gasteiger partial charge in [0.05, 0.1) is 46.9 Å². The number of nitrogens with one attached hydrogen (secondary N) is 1. The number of hydrogen-bond acceptors (Lipinski definition) is 8. The number of methoxy groups -OCH3 is 5. The highest BCUT2D eigenvalue weighted by Crippen LogP contribution is 2.40. The van der Waals surface area contributed by atoms with Gasteiger partial charge in [-0.05, 0) is 30.3 Å². The van der Waals surface area contributed by atoms with Gasteiger partial charge in [-0.25, -0.2) is 4.68 Å². The van der Waals surface area contributed by atoms with Gasteiger partial charge in [0.15, 0.2) is 11.5 Å². The number of amides is 1. The molecule has 0 aliphatic rings. The van der Waals surface area contributed by atoms with Gasteiger partial charge in [0, 0.05) is 17.7 Å².